The lowest BCUT2D eigenvalue weighted by molar-refractivity contribution is -0.175. The van der Waals surface area contributed by atoms with Gasteiger partial charge in [-0.05, 0) is 53.4 Å². The second-order valence-electron chi connectivity index (χ2n) is 8.11. The van der Waals surface area contributed by atoms with Gasteiger partial charge in [-0.2, -0.15) is 0 Å². The number of allylic oxidation sites excluding steroid dienone is 1. The van der Waals surface area contributed by atoms with Crippen LogP contribution >= 0.6 is 0 Å². The highest BCUT2D eigenvalue weighted by atomic mass is 16.6. The first-order valence-corrected chi connectivity index (χ1v) is 8.85. The van der Waals surface area contributed by atoms with Crippen molar-refractivity contribution in [1.29, 1.82) is 0 Å². The predicted octanol–water partition coefficient (Wildman–Crippen LogP) is 3.36. The average molecular weight is 363 g/mol. The first kappa shape index (κ1) is 21.9. The molecule has 0 aromatic heterocycles. The largest absolute Gasteiger partial charge is 0.464 e. The number of ketones is 1. The summed E-state index contributed by atoms with van der Waals surface area (Å²) in [6.07, 6.45) is 3.69. The van der Waals surface area contributed by atoms with Gasteiger partial charge in [-0.25, -0.2) is 6.57 Å². The number of Topliss-reactive ketones (excluding diaryl/α,β-unsaturated/α-hetero) is 1. The van der Waals surface area contributed by atoms with E-state index in [2.05, 4.69) is 11.4 Å². The SMILES string of the molecule is [C-]#[N+]C1CC(C=C)CCC1C(=O)OCC(C)(C(C)=O)C(=O)OC(C)(C)C. The molecule has 0 aliphatic heterocycles. The molecule has 0 spiro atoms. The molecular weight excluding hydrogens is 334 g/mol. The molecule has 0 bridgehead atoms. The topological polar surface area (TPSA) is 74.0 Å². The Morgan fingerprint density at radius 1 is 1.23 bits per heavy atom. The van der Waals surface area contributed by atoms with E-state index in [1.807, 2.05) is 6.08 Å². The van der Waals surface area contributed by atoms with Crippen LogP contribution in [0.25, 0.3) is 4.85 Å². The van der Waals surface area contributed by atoms with Crippen molar-refractivity contribution in [3.8, 4) is 0 Å². The van der Waals surface area contributed by atoms with Crippen LogP contribution in [-0.2, 0) is 23.9 Å². The Kier molecular flexibility index (Phi) is 7.14. The van der Waals surface area contributed by atoms with Gasteiger partial charge in [0.15, 0.2) is 5.41 Å². The third-order valence-corrected chi connectivity index (χ3v) is 4.79. The van der Waals surface area contributed by atoms with Gasteiger partial charge in [0.25, 0.3) is 0 Å². The standard InChI is InChI=1S/C20H29NO5/c1-8-14-9-10-15(16(11-14)21-7)17(23)25-12-20(6,13(2)22)18(24)26-19(3,4)5/h8,14-16H,1,9-12H2,2-6H3. The summed E-state index contributed by atoms with van der Waals surface area (Å²) in [5.74, 6) is -2.01. The van der Waals surface area contributed by atoms with Gasteiger partial charge < -0.3 is 14.3 Å². The van der Waals surface area contributed by atoms with Gasteiger partial charge in [0, 0.05) is 6.42 Å². The molecular formula is C20H29NO5. The van der Waals surface area contributed by atoms with Crippen LogP contribution in [0.2, 0.25) is 0 Å². The van der Waals surface area contributed by atoms with E-state index in [0.717, 1.165) is 6.42 Å². The highest BCUT2D eigenvalue weighted by molar-refractivity contribution is 6.02. The second-order valence-corrected chi connectivity index (χ2v) is 8.11. The molecule has 1 saturated carbocycles. The molecule has 0 aromatic rings. The molecule has 1 rings (SSSR count). The number of hydrogen-bond donors (Lipinski definition) is 0. The molecule has 6 nitrogen and oxygen atoms in total. The van der Waals surface area contributed by atoms with Crippen molar-refractivity contribution >= 4 is 17.7 Å². The monoisotopic (exact) mass is 363 g/mol. The van der Waals surface area contributed by atoms with Crippen molar-refractivity contribution < 1.29 is 23.9 Å². The summed E-state index contributed by atoms with van der Waals surface area (Å²) >= 11 is 0. The van der Waals surface area contributed by atoms with Crippen LogP contribution in [0, 0.1) is 23.8 Å². The molecule has 26 heavy (non-hydrogen) atoms. The predicted molar refractivity (Wildman–Crippen MR) is 97.0 cm³/mol. The summed E-state index contributed by atoms with van der Waals surface area (Å²) in [7, 11) is 0. The minimum Gasteiger partial charge on any atom is -0.464 e. The van der Waals surface area contributed by atoms with Crippen molar-refractivity contribution in [3.05, 3.63) is 24.1 Å². The van der Waals surface area contributed by atoms with E-state index in [1.54, 1.807) is 20.8 Å². The number of carbonyl (C=O) groups excluding carboxylic acids is 3. The number of carbonyl (C=O) groups is 3. The maximum atomic E-state index is 12.5. The zero-order chi connectivity index (χ0) is 20.1. The zero-order valence-electron chi connectivity index (χ0n) is 16.3. The number of nitrogens with zero attached hydrogens (tertiary/aromatic N) is 1. The van der Waals surface area contributed by atoms with Crippen LogP contribution in [-0.4, -0.2) is 36.0 Å². The van der Waals surface area contributed by atoms with Crippen LogP contribution in [0.5, 0.6) is 0 Å². The van der Waals surface area contributed by atoms with E-state index >= 15 is 0 Å². The first-order valence-electron chi connectivity index (χ1n) is 8.85. The number of rotatable bonds is 6. The van der Waals surface area contributed by atoms with Crippen molar-refractivity contribution in [2.45, 2.75) is 65.5 Å². The third-order valence-electron chi connectivity index (χ3n) is 4.79. The maximum absolute atomic E-state index is 12.5. The Morgan fingerprint density at radius 2 is 1.85 bits per heavy atom. The van der Waals surface area contributed by atoms with Gasteiger partial charge in [-0.3, -0.25) is 14.4 Å². The number of ether oxygens (including phenoxy) is 2. The summed E-state index contributed by atoms with van der Waals surface area (Å²) in [6, 6.07) is -0.468. The highest BCUT2D eigenvalue weighted by Gasteiger charge is 2.45. The molecule has 0 amide bonds. The Morgan fingerprint density at radius 3 is 2.31 bits per heavy atom. The Balaban J connectivity index is 2.81. The molecule has 1 aliphatic rings. The van der Waals surface area contributed by atoms with E-state index in [4.69, 9.17) is 16.0 Å². The molecule has 0 heterocycles. The first-order chi connectivity index (χ1) is 11.9. The molecule has 0 N–H and O–H groups in total. The molecule has 1 fully saturated rings. The fourth-order valence-electron chi connectivity index (χ4n) is 2.83. The van der Waals surface area contributed by atoms with E-state index in [-0.39, 0.29) is 12.5 Å². The summed E-state index contributed by atoms with van der Waals surface area (Å²) in [5.41, 5.74) is -2.31. The van der Waals surface area contributed by atoms with Crippen LogP contribution in [0.4, 0.5) is 0 Å². The highest BCUT2D eigenvalue weighted by Crippen LogP contribution is 2.33. The Bertz CT molecular complexity index is 613. The lowest BCUT2D eigenvalue weighted by atomic mass is 9.78. The second kappa shape index (κ2) is 8.48. The summed E-state index contributed by atoms with van der Waals surface area (Å²) in [6.45, 7) is 18.5. The maximum Gasteiger partial charge on any atom is 0.323 e. The molecule has 144 valence electrons. The average Bonchev–Trinajstić information content (AvgIpc) is 2.56. The fourth-order valence-corrected chi connectivity index (χ4v) is 2.83. The molecule has 1 aliphatic carbocycles. The van der Waals surface area contributed by atoms with Gasteiger partial charge in [-0.15, -0.1) is 6.58 Å². The van der Waals surface area contributed by atoms with Crippen molar-refractivity contribution in [1.82, 2.24) is 0 Å². The van der Waals surface area contributed by atoms with E-state index < -0.39 is 40.7 Å². The molecule has 4 atom stereocenters. The van der Waals surface area contributed by atoms with Crippen molar-refractivity contribution in [2.75, 3.05) is 6.61 Å². The van der Waals surface area contributed by atoms with Gasteiger partial charge in [0.05, 0.1) is 0 Å². The molecule has 0 radical (unpaired) electrons. The third kappa shape index (κ3) is 5.42. The molecule has 0 aromatic carbocycles. The normalized spacial score (nSPS) is 25.3. The van der Waals surface area contributed by atoms with Gasteiger partial charge in [-0.1, -0.05) is 6.08 Å². The summed E-state index contributed by atoms with van der Waals surface area (Å²) in [5, 5.41) is 0. The van der Waals surface area contributed by atoms with Gasteiger partial charge >= 0.3 is 11.9 Å². The summed E-state index contributed by atoms with van der Waals surface area (Å²) < 4.78 is 10.6. The summed E-state index contributed by atoms with van der Waals surface area (Å²) in [4.78, 5) is 40.5. The van der Waals surface area contributed by atoms with E-state index in [9.17, 15) is 14.4 Å². The van der Waals surface area contributed by atoms with Crippen molar-refractivity contribution in [3.63, 3.8) is 0 Å². The fraction of sp³-hybridized carbons (Fsp3) is 0.700. The lowest BCUT2D eigenvalue weighted by Crippen LogP contribution is -2.45. The van der Waals surface area contributed by atoms with Crippen LogP contribution in [0.1, 0.15) is 53.9 Å². The zero-order valence-corrected chi connectivity index (χ0v) is 16.3. The number of hydrogen-bond acceptors (Lipinski definition) is 5. The van der Waals surface area contributed by atoms with Gasteiger partial charge in [0.1, 0.15) is 23.9 Å². The van der Waals surface area contributed by atoms with Crippen LogP contribution in [0.3, 0.4) is 0 Å². The lowest BCUT2D eigenvalue weighted by Gasteiger charge is -2.30. The molecule has 4 unspecified atom stereocenters. The van der Waals surface area contributed by atoms with Crippen LogP contribution in [0.15, 0.2) is 12.7 Å². The Hall–Kier alpha value is -2.16. The Labute approximate surface area is 155 Å². The van der Waals surface area contributed by atoms with E-state index in [0.29, 0.717) is 12.8 Å². The molecule has 0 saturated heterocycles. The smallest absolute Gasteiger partial charge is 0.323 e. The van der Waals surface area contributed by atoms with Gasteiger partial charge in [0.2, 0.25) is 6.04 Å². The van der Waals surface area contributed by atoms with E-state index in [1.165, 1.54) is 13.8 Å². The van der Waals surface area contributed by atoms with Crippen molar-refractivity contribution in [2.24, 2.45) is 17.3 Å². The minimum atomic E-state index is -1.56. The van der Waals surface area contributed by atoms with Crippen LogP contribution < -0.4 is 0 Å². The number of esters is 2. The quantitative estimate of drug-likeness (QED) is 0.313. The molecule has 6 heteroatoms. The minimum absolute atomic E-state index is 0.224.